The lowest BCUT2D eigenvalue weighted by molar-refractivity contribution is 0.361. The molecule has 0 fully saturated rings. The van der Waals surface area contributed by atoms with Gasteiger partial charge in [0, 0.05) is 19.1 Å². The van der Waals surface area contributed by atoms with Gasteiger partial charge in [0.15, 0.2) is 0 Å². The van der Waals surface area contributed by atoms with E-state index in [1.165, 1.54) is 10.5 Å². The fraction of sp³-hybridized carbons (Fsp3) is 0.667. The van der Waals surface area contributed by atoms with Crippen LogP contribution in [0.1, 0.15) is 19.5 Å². The van der Waals surface area contributed by atoms with Crippen LogP contribution in [0.2, 0.25) is 0 Å². The summed E-state index contributed by atoms with van der Waals surface area (Å²) in [5, 5.41) is 6.35. The second kappa shape index (κ2) is 4.94. The largest absolute Gasteiger partial charge is 0.329 e. The Morgan fingerprint density at radius 2 is 2.19 bits per heavy atom. The first-order valence-electron chi connectivity index (χ1n) is 5.13. The molecule has 0 bridgehead atoms. The third kappa shape index (κ3) is 2.42. The van der Waals surface area contributed by atoms with E-state index in [1.54, 1.807) is 6.92 Å². The molecule has 0 aliphatic heterocycles. The zero-order valence-corrected chi connectivity index (χ0v) is 10.6. The molecule has 92 valence electrons. The van der Waals surface area contributed by atoms with Crippen molar-refractivity contribution in [2.75, 3.05) is 13.1 Å². The number of sulfonamides is 1. The number of aromatic amines is 1. The van der Waals surface area contributed by atoms with Gasteiger partial charge in [-0.1, -0.05) is 0 Å². The molecule has 0 saturated heterocycles. The van der Waals surface area contributed by atoms with E-state index in [0.29, 0.717) is 18.8 Å². The predicted octanol–water partition coefficient (Wildman–Crippen LogP) is 0.0759. The fourth-order valence-electron chi connectivity index (χ4n) is 1.51. The van der Waals surface area contributed by atoms with Crippen molar-refractivity contribution in [1.82, 2.24) is 14.5 Å². The van der Waals surface area contributed by atoms with E-state index in [2.05, 4.69) is 10.2 Å². The average molecular weight is 246 g/mol. The number of hydrogen-bond acceptors (Lipinski definition) is 4. The molecule has 1 heterocycles. The Morgan fingerprint density at radius 3 is 2.56 bits per heavy atom. The molecule has 0 unspecified atom stereocenters. The maximum atomic E-state index is 12.3. The van der Waals surface area contributed by atoms with Crippen LogP contribution in [0.15, 0.2) is 11.1 Å². The number of hydrogen-bond donors (Lipinski definition) is 2. The van der Waals surface area contributed by atoms with Crippen molar-refractivity contribution >= 4 is 10.0 Å². The van der Waals surface area contributed by atoms with Crippen molar-refractivity contribution in [3.63, 3.8) is 0 Å². The number of rotatable bonds is 5. The van der Waals surface area contributed by atoms with E-state index in [-0.39, 0.29) is 10.9 Å². The van der Waals surface area contributed by atoms with Crippen molar-refractivity contribution in [1.29, 1.82) is 0 Å². The number of nitrogens with one attached hydrogen (secondary N) is 1. The smallest absolute Gasteiger partial charge is 0.246 e. The van der Waals surface area contributed by atoms with Gasteiger partial charge >= 0.3 is 0 Å². The van der Waals surface area contributed by atoms with Crippen LogP contribution in [-0.2, 0) is 10.0 Å². The third-order valence-electron chi connectivity index (χ3n) is 2.30. The topological polar surface area (TPSA) is 92.1 Å². The summed E-state index contributed by atoms with van der Waals surface area (Å²) >= 11 is 0. The van der Waals surface area contributed by atoms with E-state index >= 15 is 0 Å². The summed E-state index contributed by atoms with van der Waals surface area (Å²) < 4.78 is 25.9. The maximum Gasteiger partial charge on any atom is 0.246 e. The molecule has 0 amide bonds. The van der Waals surface area contributed by atoms with Gasteiger partial charge in [0.25, 0.3) is 0 Å². The first kappa shape index (κ1) is 13.1. The monoisotopic (exact) mass is 246 g/mol. The molecule has 3 N–H and O–H groups in total. The predicted molar refractivity (Wildman–Crippen MR) is 61.4 cm³/mol. The quantitative estimate of drug-likeness (QED) is 0.769. The lowest BCUT2D eigenvalue weighted by Gasteiger charge is -2.24. The van der Waals surface area contributed by atoms with Gasteiger partial charge in [-0.25, -0.2) is 8.42 Å². The molecule has 6 nitrogen and oxygen atoms in total. The van der Waals surface area contributed by atoms with Crippen LogP contribution in [0.5, 0.6) is 0 Å². The number of aromatic nitrogens is 2. The van der Waals surface area contributed by atoms with E-state index < -0.39 is 10.0 Å². The Kier molecular flexibility index (Phi) is 4.06. The standard InChI is InChI=1S/C9H18N4O2S/c1-7(2)13(5-4-10)16(14,15)9-6-11-12-8(9)3/h6-7H,4-5,10H2,1-3H3,(H,11,12). The second-order valence-electron chi connectivity index (χ2n) is 3.86. The summed E-state index contributed by atoms with van der Waals surface area (Å²) in [6.07, 6.45) is 1.33. The van der Waals surface area contributed by atoms with Gasteiger partial charge in [-0.3, -0.25) is 5.10 Å². The normalized spacial score (nSPS) is 12.6. The van der Waals surface area contributed by atoms with Crippen LogP contribution in [0.3, 0.4) is 0 Å². The molecule has 0 aliphatic rings. The van der Waals surface area contributed by atoms with Crippen LogP contribution in [0, 0.1) is 6.92 Å². The number of aryl methyl sites for hydroxylation is 1. The van der Waals surface area contributed by atoms with Gasteiger partial charge in [0.1, 0.15) is 4.90 Å². The van der Waals surface area contributed by atoms with E-state index in [4.69, 9.17) is 5.73 Å². The summed E-state index contributed by atoms with van der Waals surface area (Å²) in [6, 6.07) is -0.122. The van der Waals surface area contributed by atoms with Gasteiger partial charge in [0.05, 0.1) is 11.9 Å². The molecule has 0 atom stereocenters. The fourth-order valence-corrected chi connectivity index (χ4v) is 3.28. The minimum Gasteiger partial charge on any atom is -0.329 e. The highest BCUT2D eigenvalue weighted by Gasteiger charge is 2.28. The lowest BCUT2D eigenvalue weighted by atomic mass is 10.4. The van der Waals surface area contributed by atoms with Crippen molar-refractivity contribution in [2.45, 2.75) is 31.7 Å². The van der Waals surface area contributed by atoms with Crippen molar-refractivity contribution < 1.29 is 8.42 Å². The summed E-state index contributed by atoms with van der Waals surface area (Å²) in [4.78, 5) is 0.217. The van der Waals surface area contributed by atoms with Crippen molar-refractivity contribution in [3.05, 3.63) is 11.9 Å². The van der Waals surface area contributed by atoms with E-state index in [0.717, 1.165) is 0 Å². The van der Waals surface area contributed by atoms with Gasteiger partial charge in [-0.2, -0.15) is 9.40 Å². The minimum absolute atomic E-state index is 0.122. The Labute approximate surface area is 95.9 Å². The molecule has 0 aliphatic carbocycles. The molecule has 7 heteroatoms. The van der Waals surface area contributed by atoms with Gasteiger partial charge in [-0.15, -0.1) is 0 Å². The van der Waals surface area contributed by atoms with Crippen molar-refractivity contribution in [3.8, 4) is 0 Å². The molecule has 0 aromatic carbocycles. The minimum atomic E-state index is -3.49. The second-order valence-corrected chi connectivity index (χ2v) is 5.72. The zero-order chi connectivity index (χ0) is 12.3. The zero-order valence-electron chi connectivity index (χ0n) is 9.77. The molecule has 16 heavy (non-hydrogen) atoms. The summed E-state index contributed by atoms with van der Waals surface area (Å²) in [7, 11) is -3.49. The average Bonchev–Trinajstić information content (AvgIpc) is 2.60. The number of H-pyrrole nitrogens is 1. The van der Waals surface area contributed by atoms with Crippen LogP contribution < -0.4 is 5.73 Å². The summed E-state index contributed by atoms with van der Waals surface area (Å²) in [5.74, 6) is 0. The van der Waals surface area contributed by atoms with Gasteiger partial charge in [0.2, 0.25) is 10.0 Å². The number of nitrogens with zero attached hydrogens (tertiary/aromatic N) is 2. The molecule has 0 radical (unpaired) electrons. The lowest BCUT2D eigenvalue weighted by Crippen LogP contribution is -2.40. The van der Waals surface area contributed by atoms with Gasteiger partial charge in [-0.05, 0) is 20.8 Å². The molecule has 1 aromatic heterocycles. The highest BCUT2D eigenvalue weighted by Crippen LogP contribution is 2.19. The molecular formula is C9H18N4O2S. The highest BCUT2D eigenvalue weighted by molar-refractivity contribution is 7.89. The molecule has 0 spiro atoms. The van der Waals surface area contributed by atoms with Crippen LogP contribution in [0.25, 0.3) is 0 Å². The summed E-state index contributed by atoms with van der Waals surface area (Å²) in [6.45, 7) is 5.94. The molecule has 1 rings (SSSR count). The van der Waals surface area contributed by atoms with E-state index in [1.807, 2.05) is 13.8 Å². The number of nitrogens with two attached hydrogens (primary N) is 1. The van der Waals surface area contributed by atoms with Gasteiger partial charge < -0.3 is 5.73 Å². The van der Waals surface area contributed by atoms with Crippen LogP contribution in [0.4, 0.5) is 0 Å². The van der Waals surface area contributed by atoms with E-state index in [9.17, 15) is 8.42 Å². The molecular weight excluding hydrogens is 228 g/mol. The molecule has 1 aromatic rings. The Morgan fingerprint density at radius 1 is 1.56 bits per heavy atom. The van der Waals surface area contributed by atoms with Crippen molar-refractivity contribution in [2.24, 2.45) is 5.73 Å². The Bertz CT molecular complexity index is 438. The SMILES string of the molecule is Cc1[nH]ncc1S(=O)(=O)N(CCN)C(C)C. The third-order valence-corrected chi connectivity index (χ3v) is 4.48. The Balaban J connectivity index is 3.14. The Hall–Kier alpha value is -0.920. The molecule has 0 saturated carbocycles. The highest BCUT2D eigenvalue weighted by atomic mass is 32.2. The first-order valence-corrected chi connectivity index (χ1v) is 6.57. The first-order chi connectivity index (χ1) is 7.41. The van der Waals surface area contributed by atoms with Crippen LogP contribution >= 0.6 is 0 Å². The maximum absolute atomic E-state index is 12.3. The summed E-state index contributed by atoms with van der Waals surface area (Å²) in [5.41, 5.74) is 5.97. The van der Waals surface area contributed by atoms with Crippen LogP contribution in [-0.4, -0.2) is 42.1 Å².